The number of hydrogen-bond acceptors (Lipinski definition) is 5. The summed E-state index contributed by atoms with van der Waals surface area (Å²) in [4.78, 5) is 37.7. The van der Waals surface area contributed by atoms with Crippen LogP contribution < -0.4 is 15.6 Å². The minimum absolute atomic E-state index is 0.00542. The molecule has 0 aliphatic heterocycles. The number of amides is 2. The molecule has 6 nitrogen and oxygen atoms in total. The molecular formula is C20H24N2O4S. The van der Waals surface area contributed by atoms with Gasteiger partial charge in [-0.2, -0.15) is 0 Å². The van der Waals surface area contributed by atoms with Gasteiger partial charge in [-0.3, -0.25) is 25.2 Å². The molecule has 2 N–H and O–H groups in total. The van der Waals surface area contributed by atoms with E-state index in [9.17, 15) is 14.4 Å². The number of thiophene rings is 1. The lowest BCUT2D eigenvalue weighted by Crippen LogP contribution is -2.43. The molecule has 0 atom stereocenters. The van der Waals surface area contributed by atoms with Crippen molar-refractivity contribution >= 4 is 28.9 Å². The molecule has 0 saturated heterocycles. The first-order chi connectivity index (χ1) is 12.8. The van der Waals surface area contributed by atoms with Gasteiger partial charge in [-0.05, 0) is 57.0 Å². The fourth-order valence-electron chi connectivity index (χ4n) is 2.46. The largest absolute Gasteiger partial charge is 0.484 e. The number of Topliss-reactive ketones (excluding diaryl/α,β-unsaturated/α-hetero) is 1. The first-order valence-corrected chi connectivity index (χ1v) is 9.46. The number of hydrogen-bond donors (Lipinski definition) is 2. The standard InChI is InChI=1S/C20H24N2O4S/c1-12-5-6-16(9-13(12)2)26-11-20(25)22-21-19(24)8-7-18(23)17-10-14(3)27-15(17)4/h5-6,9-10H,7-8,11H2,1-4H3,(H,21,24)(H,22,25). The lowest BCUT2D eigenvalue weighted by atomic mass is 10.1. The number of nitrogens with one attached hydrogen (secondary N) is 2. The quantitative estimate of drug-likeness (QED) is 0.564. The van der Waals surface area contributed by atoms with Crippen molar-refractivity contribution in [2.24, 2.45) is 0 Å². The van der Waals surface area contributed by atoms with E-state index in [1.165, 1.54) is 0 Å². The van der Waals surface area contributed by atoms with Crippen molar-refractivity contribution < 1.29 is 19.1 Å². The van der Waals surface area contributed by atoms with Crippen molar-refractivity contribution in [3.63, 3.8) is 0 Å². The maximum absolute atomic E-state index is 12.2. The topological polar surface area (TPSA) is 84.5 Å². The highest BCUT2D eigenvalue weighted by Gasteiger charge is 2.14. The molecule has 2 rings (SSSR count). The molecule has 1 aromatic heterocycles. The zero-order chi connectivity index (χ0) is 20.0. The Balaban J connectivity index is 1.70. The van der Waals surface area contributed by atoms with Crippen LogP contribution in [0.2, 0.25) is 0 Å². The number of benzene rings is 1. The van der Waals surface area contributed by atoms with Gasteiger partial charge in [0, 0.05) is 28.2 Å². The normalized spacial score (nSPS) is 10.4. The van der Waals surface area contributed by atoms with Crippen LogP contribution in [0.25, 0.3) is 0 Å². The Morgan fingerprint density at radius 1 is 0.926 bits per heavy atom. The second-order valence-corrected chi connectivity index (χ2v) is 7.84. The van der Waals surface area contributed by atoms with E-state index in [1.54, 1.807) is 17.4 Å². The number of ketones is 1. The molecule has 0 aliphatic carbocycles. The molecule has 7 heteroatoms. The SMILES string of the molecule is Cc1cc(C(=O)CCC(=O)NNC(=O)COc2ccc(C)c(C)c2)c(C)s1. The first kappa shape index (κ1) is 20.6. The number of ether oxygens (including phenoxy) is 1. The summed E-state index contributed by atoms with van der Waals surface area (Å²) >= 11 is 1.56. The average molecular weight is 388 g/mol. The summed E-state index contributed by atoms with van der Waals surface area (Å²) in [5, 5.41) is 0. The van der Waals surface area contributed by atoms with Gasteiger partial charge >= 0.3 is 0 Å². The molecule has 2 aromatic rings. The van der Waals surface area contributed by atoms with Gasteiger partial charge in [-0.25, -0.2) is 0 Å². The minimum Gasteiger partial charge on any atom is -0.484 e. The summed E-state index contributed by atoms with van der Waals surface area (Å²) in [6.07, 6.45) is 0.101. The molecule has 27 heavy (non-hydrogen) atoms. The first-order valence-electron chi connectivity index (χ1n) is 8.64. The number of hydrazine groups is 1. The van der Waals surface area contributed by atoms with E-state index in [4.69, 9.17) is 4.74 Å². The maximum Gasteiger partial charge on any atom is 0.276 e. The van der Waals surface area contributed by atoms with Crippen molar-refractivity contribution in [1.82, 2.24) is 10.9 Å². The number of aryl methyl sites for hydroxylation is 4. The molecule has 2 amide bonds. The molecule has 0 unspecified atom stereocenters. The summed E-state index contributed by atoms with van der Waals surface area (Å²) in [6, 6.07) is 7.39. The smallest absolute Gasteiger partial charge is 0.276 e. The predicted octanol–water partition coefficient (Wildman–Crippen LogP) is 3.17. The third-order valence-corrected chi connectivity index (χ3v) is 5.08. The van der Waals surface area contributed by atoms with Gasteiger partial charge in [-0.1, -0.05) is 6.07 Å². The highest BCUT2D eigenvalue weighted by atomic mass is 32.1. The fourth-order valence-corrected chi connectivity index (χ4v) is 3.40. The Morgan fingerprint density at radius 2 is 1.63 bits per heavy atom. The molecule has 144 valence electrons. The van der Waals surface area contributed by atoms with Gasteiger partial charge in [-0.15, -0.1) is 11.3 Å². The summed E-state index contributed by atoms with van der Waals surface area (Å²) in [7, 11) is 0. The van der Waals surface area contributed by atoms with Crippen molar-refractivity contribution in [2.75, 3.05) is 6.61 Å². The van der Waals surface area contributed by atoms with Crippen LogP contribution in [0.15, 0.2) is 24.3 Å². The summed E-state index contributed by atoms with van der Waals surface area (Å²) in [5.41, 5.74) is 7.46. The molecule has 1 aromatic carbocycles. The van der Waals surface area contributed by atoms with Crippen molar-refractivity contribution in [2.45, 2.75) is 40.5 Å². The van der Waals surface area contributed by atoms with E-state index >= 15 is 0 Å². The Bertz CT molecular complexity index is 858. The highest BCUT2D eigenvalue weighted by molar-refractivity contribution is 7.12. The number of carbonyl (C=O) groups excluding carboxylic acids is 3. The van der Waals surface area contributed by atoms with E-state index in [-0.39, 0.29) is 25.2 Å². The third-order valence-electron chi connectivity index (χ3n) is 4.11. The minimum atomic E-state index is -0.475. The summed E-state index contributed by atoms with van der Waals surface area (Å²) < 4.78 is 5.39. The van der Waals surface area contributed by atoms with Gasteiger partial charge in [0.1, 0.15) is 5.75 Å². The average Bonchev–Trinajstić information content (AvgIpc) is 2.97. The van der Waals surface area contributed by atoms with Crippen LogP contribution in [0.3, 0.4) is 0 Å². The van der Waals surface area contributed by atoms with E-state index in [0.29, 0.717) is 11.3 Å². The molecule has 0 radical (unpaired) electrons. The van der Waals surface area contributed by atoms with E-state index in [1.807, 2.05) is 45.9 Å². The molecule has 0 saturated carbocycles. The Kier molecular flexibility index (Phi) is 7.12. The third kappa shape index (κ3) is 6.21. The van der Waals surface area contributed by atoms with Crippen molar-refractivity contribution in [1.29, 1.82) is 0 Å². The Morgan fingerprint density at radius 3 is 2.26 bits per heavy atom. The van der Waals surface area contributed by atoms with Crippen LogP contribution in [0.4, 0.5) is 0 Å². The summed E-state index contributed by atoms with van der Waals surface area (Å²) in [6.45, 7) is 7.57. The number of carbonyl (C=O) groups is 3. The van der Waals surface area contributed by atoms with Crippen LogP contribution in [0.1, 0.15) is 44.1 Å². The molecule has 0 bridgehead atoms. The molecule has 0 spiro atoms. The van der Waals surface area contributed by atoms with Crippen LogP contribution in [-0.2, 0) is 9.59 Å². The fraction of sp³-hybridized carbons (Fsp3) is 0.350. The molecule has 1 heterocycles. The highest BCUT2D eigenvalue weighted by Crippen LogP contribution is 2.22. The predicted molar refractivity (Wildman–Crippen MR) is 105 cm³/mol. The Hall–Kier alpha value is -2.67. The van der Waals surface area contributed by atoms with Crippen LogP contribution in [-0.4, -0.2) is 24.2 Å². The van der Waals surface area contributed by atoms with Gasteiger partial charge in [0.15, 0.2) is 12.4 Å². The van der Waals surface area contributed by atoms with Gasteiger partial charge in [0.2, 0.25) is 5.91 Å². The second-order valence-electron chi connectivity index (χ2n) is 6.38. The van der Waals surface area contributed by atoms with E-state index < -0.39 is 11.8 Å². The molecule has 0 aliphatic rings. The van der Waals surface area contributed by atoms with Gasteiger partial charge in [0.05, 0.1) is 0 Å². The lowest BCUT2D eigenvalue weighted by Gasteiger charge is -2.10. The van der Waals surface area contributed by atoms with E-state index in [2.05, 4.69) is 10.9 Å². The van der Waals surface area contributed by atoms with Crippen LogP contribution >= 0.6 is 11.3 Å². The zero-order valence-electron chi connectivity index (χ0n) is 16.0. The lowest BCUT2D eigenvalue weighted by molar-refractivity contribution is -0.130. The second kappa shape index (κ2) is 9.32. The Labute approximate surface area is 162 Å². The number of rotatable bonds is 7. The molecular weight excluding hydrogens is 364 g/mol. The van der Waals surface area contributed by atoms with Crippen molar-refractivity contribution in [3.8, 4) is 5.75 Å². The van der Waals surface area contributed by atoms with Crippen LogP contribution in [0, 0.1) is 27.7 Å². The zero-order valence-corrected chi connectivity index (χ0v) is 16.8. The summed E-state index contributed by atoms with van der Waals surface area (Å²) in [5.74, 6) is -0.382. The van der Waals surface area contributed by atoms with Crippen molar-refractivity contribution in [3.05, 3.63) is 50.7 Å². The van der Waals surface area contributed by atoms with Crippen LogP contribution in [0.5, 0.6) is 5.75 Å². The van der Waals surface area contributed by atoms with Gasteiger partial charge < -0.3 is 4.74 Å². The van der Waals surface area contributed by atoms with Gasteiger partial charge in [0.25, 0.3) is 5.91 Å². The monoisotopic (exact) mass is 388 g/mol. The maximum atomic E-state index is 12.2. The molecule has 0 fully saturated rings. The van der Waals surface area contributed by atoms with E-state index in [0.717, 1.165) is 20.9 Å².